The van der Waals surface area contributed by atoms with Gasteiger partial charge in [0, 0.05) is 17.2 Å². The molecule has 0 aliphatic heterocycles. The molecule has 2 aromatic carbocycles. The second kappa shape index (κ2) is 6.26. The third kappa shape index (κ3) is 3.24. The van der Waals surface area contributed by atoms with Gasteiger partial charge in [-0.15, -0.1) is 0 Å². The minimum absolute atomic E-state index is 0.00884. The van der Waals surface area contributed by atoms with Crippen molar-refractivity contribution in [3.8, 4) is 0 Å². The van der Waals surface area contributed by atoms with Gasteiger partial charge in [-0.2, -0.15) is 0 Å². The van der Waals surface area contributed by atoms with Crippen LogP contribution in [-0.2, 0) is 0 Å². The predicted molar refractivity (Wildman–Crippen MR) is 73.0 cm³/mol. The molecule has 0 saturated carbocycles. The van der Waals surface area contributed by atoms with E-state index in [4.69, 9.17) is 0 Å². The first-order chi connectivity index (χ1) is 9.93. The molecular formula is C16H15F4N. The lowest BCUT2D eigenvalue weighted by atomic mass is 9.96. The van der Waals surface area contributed by atoms with Gasteiger partial charge in [-0.1, -0.05) is 13.0 Å². The molecule has 2 rings (SSSR count). The summed E-state index contributed by atoms with van der Waals surface area (Å²) in [6, 6.07) is 4.27. The van der Waals surface area contributed by atoms with Crippen molar-refractivity contribution in [3.05, 3.63) is 70.3 Å². The van der Waals surface area contributed by atoms with Crippen LogP contribution >= 0.6 is 0 Å². The fourth-order valence-corrected chi connectivity index (χ4v) is 2.21. The molecule has 0 heterocycles. The van der Waals surface area contributed by atoms with Crippen molar-refractivity contribution >= 4 is 0 Å². The minimum Gasteiger partial charge on any atom is -0.306 e. The maximum absolute atomic E-state index is 14.1. The molecule has 1 unspecified atom stereocenters. The Balaban J connectivity index is 2.55. The highest BCUT2D eigenvalue weighted by molar-refractivity contribution is 5.36. The molecule has 0 aliphatic rings. The van der Waals surface area contributed by atoms with E-state index in [0.717, 1.165) is 24.3 Å². The Kier molecular flexibility index (Phi) is 4.63. The topological polar surface area (TPSA) is 12.0 Å². The number of halogens is 4. The zero-order chi connectivity index (χ0) is 15.6. The van der Waals surface area contributed by atoms with E-state index in [2.05, 4.69) is 5.32 Å². The Morgan fingerprint density at radius 3 is 2.19 bits per heavy atom. The van der Waals surface area contributed by atoms with E-state index in [1.54, 1.807) is 6.92 Å². The summed E-state index contributed by atoms with van der Waals surface area (Å²) in [5.41, 5.74) is 0.233. The van der Waals surface area contributed by atoms with Gasteiger partial charge in [-0.3, -0.25) is 0 Å². The molecular weight excluding hydrogens is 282 g/mol. The van der Waals surface area contributed by atoms with Crippen LogP contribution in [-0.4, -0.2) is 6.54 Å². The van der Waals surface area contributed by atoms with Crippen LogP contribution in [0.25, 0.3) is 0 Å². The van der Waals surface area contributed by atoms with Gasteiger partial charge in [0.2, 0.25) is 0 Å². The van der Waals surface area contributed by atoms with Crippen LogP contribution in [0, 0.1) is 30.2 Å². The second-order valence-electron chi connectivity index (χ2n) is 4.78. The Morgan fingerprint density at radius 2 is 1.57 bits per heavy atom. The lowest BCUT2D eigenvalue weighted by Crippen LogP contribution is -2.24. The maximum Gasteiger partial charge on any atom is 0.131 e. The summed E-state index contributed by atoms with van der Waals surface area (Å²) in [5.74, 6) is -2.73. The van der Waals surface area contributed by atoms with E-state index in [9.17, 15) is 17.6 Å². The average molecular weight is 297 g/mol. The molecule has 1 N–H and O–H groups in total. The summed E-state index contributed by atoms with van der Waals surface area (Å²) in [6.45, 7) is 3.62. The van der Waals surface area contributed by atoms with Gasteiger partial charge < -0.3 is 5.32 Å². The van der Waals surface area contributed by atoms with Crippen molar-refractivity contribution in [1.29, 1.82) is 0 Å². The molecule has 112 valence electrons. The molecule has 0 bridgehead atoms. The third-order valence-electron chi connectivity index (χ3n) is 3.27. The number of hydrogen-bond acceptors (Lipinski definition) is 1. The Morgan fingerprint density at radius 1 is 0.905 bits per heavy atom. The molecule has 0 aromatic heterocycles. The quantitative estimate of drug-likeness (QED) is 0.832. The van der Waals surface area contributed by atoms with E-state index in [1.807, 2.05) is 0 Å². The molecule has 1 atom stereocenters. The predicted octanol–water partition coefficient (Wildman–Crippen LogP) is 4.25. The molecule has 0 spiro atoms. The highest BCUT2D eigenvalue weighted by Gasteiger charge is 2.22. The van der Waals surface area contributed by atoms with E-state index in [-0.39, 0.29) is 16.7 Å². The SMILES string of the molecule is CCNC(c1ccc(F)cc1F)c1cc(F)c(C)cc1F. The van der Waals surface area contributed by atoms with E-state index in [1.165, 1.54) is 13.0 Å². The van der Waals surface area contributed by atoms with Crippen LogP contribution in [0.2, 0.25) is 0 Å². The molecule has 5 heteroatoms. The number of rotatable bonds is 4. The monoisotopic (exact) mass is 297 g/mol. The van der Waals surface area contributed by atoms with Crippen molar-refractivity contribution in [2.24, 2.45) is 0 Å². The van der Waals surface area contributed by atoms with Crippen LogP contribution in [0.1, 0.15) is 29.7 Å². The van der Waals surface area contributed by atoms with E-state index >= 15 is 0 Å². The van der Waals surface area contributed by atoms with Crippen molar-refractivity contribution in [3.63, 3.8) is 0 Å². The molecule has 0 aliphatic carbocycles. The molecule has 2 aromatic rings. The summed E-state index contributed by atoms with van der Waals surface area (Å²) in [7, 11) is 0. The zero-order valence-electron chi connectivity index (χ0n) is 11.7. The average Bonchev–Trinajstić information content (AvgIpc) is 2.41. The highest BCUT2D eigenvalue weighted by atomic mass is 19.1. The summed E-state index contributed by atoms with van der Waals surface area (Å²) in [5, 5.41) is 2.89. The maximum atomic E-state index is 14.1. The molecule has 0 saturated heterocycles. The smallest absolute Gasteiger partial charge is 0.131 e. The van der Waals surface area contributed by atoms with E-state index < -0.39 is 29.3 Å². The fraction of sp³-hybridized carbons (Fsp3) is 0.250. The standard InChI is InChI=1S/C16H15F4N/c1-3-21-16(11-5-4-10(17)7-15(11)20)12-8-13(18)9(2)6-14(12)19/h4-8,16,21H,3H2,1-2H3. The van der Waals surface area contributed by atoms with Crippen molar-refractivity contribution < 1.29 is 17.6 Å². The number of benzene rings is 2. The van der Waals surface area contributed by atoms with Crippen LogP contribution < -0.4 is 5.32 Å². The Hall–Kier alpha value is -1.88. The Labute approximate surface area is 120 Å². The van der Waals surface area contributed by atoms with Gasteiger partial charge in [0.25, 0.3) is 0 Å². The number of nitrogens with one attached hydrogen (secondary N) is 1. The van der Waals surface area contributed by atoms with E-state index in [0.29, 0.717) is 6.54 Å². The van der Waals surface area contributed by atoms with Gasteiger partial charge in [-0.05, 0) is 37.2 Å². The molecule has 21 heavy (non-hydrogen) atoms. The first-order valence-electron chi connectivity index (χ1n) is 6.58. The fourth-order valence-electron chi connectivity index (χ4n) is 2.21. The van der Waals surface area contributed by atoms with Crippen LogP contribution in [0.3, 0.4) is 0 Å². The van der Waals surface area contributed by atoms with Gasteiger partial charge in [-0.25, -0.2) is 17.6 Å². The molecule has 1 nitrogen and oxygen atoms in total. The van der Waals surface area contributed by atoms with Crippen LogP contribution in [0.4, 0.5) is 17.6 Å². The highest BCUT2D eigenvalue weighted by Crippen LogP contribution is 2.28. The van der Waals surface area contributed by atoms with Crippen LogP contribution in [0.5, 0.6) is 0 Å². The largest absolute Gasteiger partial charge is 0.306 e. The van der Waals surface area contributed by atoms with Gasteiger partial charge in [0.1, 0.15) is 23.3 Å². The number of hydrogen-bond donors (Lipinski definition) is 1. The van der Waals surface area contributed by atoms with Crippen LogP contribution in [0.15, 0.2) is 30.3 Å². The summed E-state index contributed by atoms with van der Waals surface area (Å²) in [6.07, 6.45) is 0. The number of aryl methyl sites for hydroxylation is 1. The van der Waals surface area contributed by atoms with Crippen molar-refractivity contribution in [2.75, 3.05) is 6.54 Å². The first-order valence-corrected chi connectivity index (χ1v) is 6.58. The van der Waals surface area contributed by atoms with Crippen molar-refractivity contribution in [1.82, 2.24) is 5.32 Å². The lowest BCUT2D eigenvalue weighted by Gasteiger charge is -2.20. The second-order valence-corrected chi connectivity index (χ2v) is 4.78. The summed E-state index contributed by atoms with van der Waals surface area (Å²) < 4.78 is 54.7. The third-order valence-corrected chi connectivity index (χ3v) is 3.27. The minimum atomic E-state index is -0.884. The van der Waals surface area contributed by atoms with Gasteiger partial charge >= 0.3 is 0 Å². The normalized spacial score (nSPS) is 12.5. The summed E-state index contributed by atoms with van der Waals surface area (Å²) in [4.78, 5) is 0. The first kappa shape index (κ1) is 15.5. The zero-order valence-corrected chi connectivity index (χ0v) is 11.7. The Bertz CT molecular complexity index is 655. The molecule has 0 fully saturated rings. The van der Waals surface area contributed by atoms with Gasteiger partial charge in [0.15, 0.2) is 0 Å². The lowest BCUT2D eigenvalue weighted by molar-refractivity contribution is 0.514. The van der Waals surface area contributed by atoms with Crippen molar-refractivity contribution in [2.45, 2.75) is 19.9 Å². The molecule has 0 radical (unpaired) electrons. The van der Waals surface area contributed by atoms with Gasteiger partial charge in [0.05, 0.1) is 6.04 Å². The molecule has 0 amide bonds. The summed E-state index contributed by atoms with van der Waals surface area (Å²) >= 11 is 0.